The molecule has 0 aliphatic heterocycles. The van der Waals surface area contributed by atoms with Gasteiger partial charge >= 0.3 is 0 Å². The molecule has 1 unspecified atom stereocenters. The molecule has 1 aromatic carbocycles. The Morgan fingerprint density at radius 1 is 1.56 bits per heavy atom. The van der Waals surface area contributed by atoms with Crippen molar-refractivity contribution in [1.29, 1.82) is 5.26 Å². The molecular formula is C11H13ClN2O3S. The maximum Gasteiger partial charge on any atom is 0.242 e. The van der Waals surface area contributed by atoms with Crippen molar-refractivity contribution in [2.75, 3.05) is 6.61 Å². The molecule has 5 nitrogen and oxygen atoms in total. The summed E-state index contributed by atoms with van der Waals surface area (Å²) in [5.41, 5.74) is 0.217. The number of halogens is 1. The van der Waals surface area contributed by atoms with Crippen molar-refractivity contribution in [3.8, 4) is 6.07 Å². The number of benzene rings is 1. The number of aliphatic hydroxyl groups excluding tert-OH is 1. The van der Waals surface area contributed by atoms with E-state index >= 15 is 0 Å². The first-order valence-electron chi connectivity index (χ1n) is 5.23. The first-order valence-corrected chi connectivity index (χ1v) is 7.09. The predicted molar refractivity (Wildman–Crippen MR) is 67.7 cm³/mol. The molecule has 0 saturated carbocycles. The number of aliphatic hydroxyl groups is 1. The summed E-state index contributed by atoms with van der Waals surface area (Å²) in [4.78, 5) is -0.131. The van der Waals surface area contributed by atoms with Crippen molar-refractivity contribution >= 4 is 21.6 Å². The van der Waals surface area contributed by atoms with Gasteiger partial charge in [-0.15, -0.1) is 0 Å². The highest BCUT2D eigenvalue weighted by atomic mass is 35.5. The van der Waals surface area contributed by atoms with E-state index in [0.29, 0.717) is 6.42 Å². The largest absolute Gasteiger partial charge is 0.396 e. The summed E-state index contributed by atoms with van der Waals surface area (Å²) in [6.07, 6.45) is 0.300. The second-order valence-electron chi connectivity index (χ2n) is 3.79. The van der Waals surface area contributed by atoms with Crippen molar-refractivity contribution in [3.05, 3.63) is 28.8 Å². The Labute approximate surface area is 111 Å². The molecular weight excluding hydrogens is 276 g/mol. The summed E-state index contributed by atoms with van der Waals surface area (Å²) < 4.78 is 26.4. The molecule has 18 heavy (non-hydrogen) atoms. The van der Waals surface area contributed by atoms with Gasteiger partial charge in [0.25, 0.3) is 0 Å². The summed E-state index contributed by atoms with van der Waals surface area (Å²) in [6.45, 7) is 1.52. The molecule has 0 radical (unpaired) electrons. The topological polar surface area (TPSA) is 90.2 Å². The molecule has 0 aliphatic rings. The molecule has 0 saturated heterocycles. The van der Waals surface area contributed by atoms with Crippen LogP contribution in [0.3, 0.4) is 0 Å². The Hall–Kier alpha value is -1.13. The molecule has 0 heterocycles. The van der Waals surface area contributed by atoms with E-state index in [0.717, 1.165) is 0 Å². The van der Waals surface area contributed by atoms with Gasteiger partial charge in [0.15, 0.2) is 0 Å². The van der Waals surface area contributed by atoms with Crippen molar-refractivity contribution in [2.45, 2.75) is 24.3 Å². The Bertz CT molecular complexity index is 566. The maximum atomic E-state index is 12.0. The molecule has 1 aromatic rings. The number of sulfonamides is 1. The standard InChI is InChI=1S/C11H13ClN2O3S/c1-8(4-5-15)14-18(16,17)11-6-9(7-13)2-3-10(11)12/h2-3,6,8,14-15H,4-5H2,1H3. The van der Waals surface area contributed by atoms with Crippen LogP contribution in [0.5, 0.6) is 0 Å². The zero-order valence-corrected chi connectivity index (χ0v) is 11.3. The van der Waals surface area contributed by atoms with Crippen LogP contribution < -0.4 is 4.72 Å². The van der Waals surface area contributed by atoms with Gasteiger partial charge in [0.1, 0.15) is 4.90 Å². The summed E-state index contributed by atoms with van der Waals surface area (Å²) in [6, 6.07) is 5.47. The number of rotatable bonds is 5. The van der Waals surface area contributed by atoms with Crippen LogP contribution in [-0.2, 0) is 10.0 Å². The lowest BCUT2D eigenvalue weighted by Crippen LogP contribution is -2.33. The van der Waals surface area contributed by atoms with Gasteiger partial charge in [-0.3, -0.25) is 0 Å². The van der Waals surface area contributed by atoms with Gasteiger partial charge in [-0.1, -0.05) is 11.6 Å². The number of nitriles is 1. The van der Waals surface area contributed by atoms with Crippen molar-refractivity contribution in [3.63, 3.8) is 0 Å². The molecule has 7 heteroatoms. The van der Waals surface area contributed by atoms with Crippen LogP contribution in [0.1, 0.15) is 18.9 Å². The molecule has 2 N–H and O–H groups in total. The molecule has 1 atom stereocenters. The van der Waals surface area contributed by atoms with Gasteiger partial charge in [-0.05, 0) is 31.5 Å². The fourth-order valence-electron chi connectivity index (χ4n) is 1.36. The molecule has 0 spiro atoms. The zero-order valence-electron chi connectivity index (χ0n) is 9.72. The SMILES string of the molecule is CC(CCO)NS(=O)(=O)c1cc(C#N)ccc1Cl. The van der Waals surface area contributed by atoms with Gasteiger partial charge in [-0.2, -0.15) is 5.26 Å². The highest BCUT2D eigenvalue weighted by Crippen LogP contribution is 2.22. The third kappa shape index (κ3) is 3.68. The second-order valence-corrected chi connectivity index (χ2v) is 5.88. The smallest absolute Gasteiger partial charge is 0.242 e. The van der Waals surface area contributed by atoms with E-state index in [-0.39, 0.29) is 22.1 Å². The third-order valence-electron chi connectivity index (χ3n) is 2.27. The van der Waals surface area contributed by atoms with E-state index < -0.39 is 16.1 Å². The number of hydrogen-bond donors (Lipinski definition) is 2. The fourth-order valence-corrected chi connectivity index (χ4v) is 3.16. The summed E-state index contributed by atoms with van der Waals surface area (Å²) in [5, 5.41) is 17.5. The van der Waals surface area contributed by atoms with Crippen LogP contribution in [0.2, 0.25) is 5.02 Å². The van der Waals surface area contributed by atoms with Crippen molar-refractivity contribution in [2.24, 2.45) is 0 Å². The molecule has 0 bridgehead atoms. The van der Waals surface area contributed by atoms with Crippen LogP contribution in [0.15, 0.2) is 23.1 Å². The van der Waals surface area contributed by atoms with E-state index in [4.69, 9.17) is 22.0 Å². The Morgan fingerprint density at radius 3 is 2.78 bits per heavy atom. The molecule has 1 rings (SSSR count). The van der Waals surface area contributed by atoms with Crippen LogP contribution in [0.25, 0.3) is 0 Å². The Morgan fingerprint density at radius 2 is 2.22 bits per heavy atom. The lowest BCUT2D eigenvalue weighted by molar-refractivity contribution is 0.275. The van der Waals surface area contributed by atoms with Crippen LogP contribution in [0.4, 0.5) is 0 Å². The van der Waals surface area contributed by atoms with Gasteiger partial charge in [-0.25, -0.2) is 13.1 Å². The number of hydrogen-bond acceptors (Lipinski definition) is 4. The molecule has 98 valence electrons. The van der Waals surface area contributed by atoms with Gasteiger partial charge < -0.3 is 5.11 Å². The summed E-state index contributed by atoms with van der Waals surface area (Å²) in [7, 11) is -3.79. The monoisotopic (exact) mass is 288 g/mol. The molecule has 0 fully saturated rings. The Balaban J connectivity index is 3.09. The van der Waals surface area contributed by atoms with E-state index in [1.807, 2.05) is 6.07 Å². The summed E-state index contributed by atoms with van der Waals surface area (Å²) >= 11 is 5.82. The Kier molecular flexibility index (Phi) is 5.11. The van der Waals surface area contributed by atoms with Gasteiger partial charge in [0, 0.05) is 12.6 Å². The highest BCUT2D eigenvalue weighted by molar-refractivity contribution is 7.89. The van der Waals surface area contributed by atoms with Crippen LogP contribution in [0, 0.1) is 11.3 Å². The molecule has 0 aromatic heterocycles. The number of nitrogens with one attached hydrogen (secondary N) is 1. The van der Waals surface area contributed by atoms with E-state index in [2.05, 4.69) is 4.72 Å². The lowest BCUT2D eigenvalue weighted by atomic mass is 10.2. The average Bonchev–Trinajstić information content (AvgIpc) is 2.29. The molecule has 0 aliphatic carbocycles. The minimum atomic E-state index is -3.79. The zero-order chi connectivity index (χ0) is 13.8. The predicted octanol–water partition coefficient (Wildman–Crippen LogP) is 1.26. The molecule has 0 amide bonds. The van der Waals surface area contributed by atoms with Crippen molar-refractivity contribution < 1.29 is 13.5 Å². The normalized spacial score (nSPS) is 13.0. The van der Waals surface area contributed by atoms with Gasteiger partial charge in [0.05, 0.1) is 16.7 Å². The quantitative estimate of drug-likeness (QED) is 0.853. The van der Waals surface area contributed by atoms with Crippen LogP contribution >= 0.6 is 11.6 Å². The van der Waals surface area contributed by atoms with Gasteiger partial charge in [0.2, 0.25) is 10.0 Å². The summed E-state index contributed by atoms with van der Waals surface area (Å²) in [5.74, 6) is 0. The van der Waals surface area contributed by atoms with E-state index in [1.165, 1.54) is 18.2 Å². The highest BCUT2D eigenvalue weighted by Gasteiger charge is 2.20. The first kappa shape index (κ1) is 14.9. The van der Waals surface area contributed by atoms with Crippen LogP contribution in [-0.4, -0.2) is 26.2 Å². The second kappa shape index (κ2) is 6.16. The average molecular weight is 289 g/mol. The first-order chi connectivity index (χ1) is 8.40. The minimum absolute atomic E-state index is 0.0534. The number of nitrogens with zero attached hydrogens (tertiary/aromatic N) is 1. The van der Waals surface area contributed by atoms with E-state index in [1.54, 1.807) is 6.92 Å². The van der Waals surface area contributed by atoms with E-state index in [9.17, 15) is 8.42 Å². The fraction of sp³-hybridized carbons (Fsp3) is 0.364. The lowest BCUT2D eigenvalue weighted by Gasteiger charge is -2.13. The maximum absolute atomic E-state index is 12.0. The van der Waals surface area contributed by atoms with Crippen molar-refractivity contribution in [1.82, 2.24) is 4.72 Å². The minimum Gasteiger partial charge on any atom is -0.396 e. The third-order valence-corrected chi connectivity index (χ3v) is 4.34.